The summed E-state index contributed by atoms with van der Waals surface area (Å²) in [5.74, 6) is 0.934. The quantitative estimate of drug-likeness (QED) is 0.882. The lowest BCUT2D eigenvalue weighted by atomic mass is 9.99. The molecule has 0 amide bonds. The molecule has 3 rings (SSSR count). The lowest BCUT2D eigenvalue weighted by Crippen LogP contribution is -2.30. The van der Waals surface area contributed by atoms with Crippen LogP contribution in [0.3, 0.4) is 0 Å². The normalized spacial score (nSPS) is 14.8. The molecule has 0 saturated heterocycles. The predicted octanol–water partition coefficient (Wildman–Crippen LogP) is 3.49. The number of nitrogen functional groups attached to an aromatic ring is 1. The summed E-state index contributed by atoms with van der Waals surface area (Å²) in [7, 11) is 1.71. The van der Waals surface area contributed by atoms with Crippen LogP contribution in [0.15, 0.2) is 36.4 Å². The van der Waals surface area contributed by atoms with E-state index in [2.05, 4.69) is 17.0 Å². The van der Waals surface area contributed by atoms with Crippen molar-refractivity contribution in [2.24, 2.45) is 0 Å². The van der Waals surface area contributed by atoms with Gasteiger partial charge >= 0.3 is 0 Å². The van der Waals surface area contributed by atoms with Crippen LogP contribution in [0.5, 0.6) is 5.75 Å². The molecule has 0 aromatic heterocycles. The van der Waals surface area contributed by atoms with Crippen LogP contribution in [0, 0.1) is 0 Å². The molecule has 0 fully saturated rings. The molecule has 2 aromatic carbocycles. The first-order valence-corrected chi connectivity index (χ1v) is 7.45. The summed E-state index contributed by atoms with van der Waals surface area (Å²) in [5, 5.41) is 0.687. The number of hydrogen-bond acceptors (Lipinski definition) is 3. The van der Waals surface area contributed by atoms with E-state index in [1.807, 2.05) is 24.3 Å². The number of hydrogen-bond donors (Lipinski definition) is 1. The molecule has 0 aliphatic carbocycles. The van der Waals surface area contributed by atoms with Crippen LogP contribution in [0.25, 0.3) is 0 Å². The summed E-state index contributed by atoms with van der Waals surface area (Å²) in [6, 6.07) is 12.1. The van der Waals surface area contributed by atoms with E-state index in [0.717, 1.165) is 43.1 Å². The van der Waals surface area contributed by atoms with Crippen molar-refractivity contribution in [3.05, 3.63) is 58.1 Å². The number of fused-ring (bicyclic) bond motifs is 1. The van der Waals surface area contributed by atoms with Crippen molar-refractivity contribution >= 4 is 17.3 Å². The zero-order valence-corrected chi connectivity index (χ0v) is 12.9. The first-order chi connectivity index (χ1) is 10.2. The van der Waals surface area contributed by atoms with Gasteiger partial charge < -0.3 is 10.5 Å². The summed E-state index contributed by atoms with van der Waals surface area (Å²) in [4.78, 5) is 2.41. The van der Waals surface area contributed by atoms with Crippen LogP contribution in [-0.2, 0) is 19.5 Å². The highest BCUT2D eigenvalue weighted by atomic mass is 35.5. The number of methoxy groups -OCH3 is 1. The molecule has 3 nitrogen and oxygen atoms in total. The molecule has 1 aliphatic heterocycles. The Morgan fingerprint density at radius 2 is 2.05 bits per heavy atom. The van der Waals surface area contributed by atoms with Crippen molar-refractivity contribution in [2.75, 3.05) is 19.4 Å². The van der Waals surface area contributed by atoms with E-state index < -0.39 is 0 Å². The second kappa shape index (κ2) is 5.96. The average molecular weight is 303 g/mol. The SMILES string of the molecule is COc1ccc2c(c1)CCN(Cc1ccc(Cl)cc1N)C2. The highest BCUT2D eigenvalue weighted by Gasteiger charge is 2.17. The minimum absolute atomic E-state index is 0.687. The first kappa shape index (κ1) is 14.2. The summed E-state index contributed by atoms with van der Waals surface area (Å²) in [5.41, 5.74) is 10.7. The number of ether oxygens (including phenoxy) is 1. The second-order valence-electron chi connectivity index (χ2n) is 5.44. The highest BCUT2D eigenvalue weighted by Crippen LogP contribution is 2.26. The van der Waals surface area contributed by atoms with Gasteiger partial charge in [-0.1, -0.05) is 23.7 Å². The van der Waals surface area contributed by atoms with Crippen LogP contribution in [0.2, 0.25) is 5.02 Å². The Bertz CT molecular complexity index is 657. The van der Waals surface area contributed by atoms with Gasteiger partial charge in [0.1, 0.15) is 5.75 Å². The number of nitrogens with two attached hydrogens (primary N) is 1. The fraction of sp³-hybridized carbons (Fsp3) is 0.294. The third kappa shape index (κ3) is 3.14. The Kier molecular flexibility index (Phi) is 4.04. The Morgan fingerprint density at radius 3 is 2.81 bits per heavy atom. The third-order valence-electron chi connectivity index (χ3n) is 4.01. The molecule has 0 spiro atoms. The van der Waals surface area contributed by atoms with Gasteiger partial charge in [0, 0.05) is 30.3 Å². The van der Waals surface area contributed by atoms with Crippen LogP contribution in [-0.4, -0.2) is 18.6 Å². The predicted molar refractivity (Wildman–Crippen MR) is 86.7 cm³/mol. The van der Waals surface area contributed by atoms with Gasteiger partial charge in [0.2, 0.25) is 0 Å². The van der Waals surface area contributed by atoms with Crippen LogP contribution in [0.1, 0.15) is 16.7 Å². The zero-order valence-electron chi connectivity index (χ0n) is 12.1. The van der Waals surface area contributed by atoms with Gasteiger partial charge in [0.25, 0.3) is 0 Å². The van der Waals surface area contributed by atoms with Crippen molar-refractivity contribution in [1.29, 1.82) is 0 Å². The maximum atomic E-state index is 6.04. The molecule has 1 aliphatic rings. The van der Waals surface area contributed by atoms with Gasteiger partial charge in [0.05, 0.1) is 7.11 Å². The lowest BCUT2D eigenvalue weighted by Gasteiger charge is -2.29. The monoisotopic (exact) mass is 302 g/mol. The van der Waals surface area contributed by atoms with Crippen LogP contribution in [0.4, 0.5) is 5.69 Å². The zero-order chi connectivity index (χ0) is 14.8. The number of benzene rings is 2. The molecule has 4 heteroatoms. The van der Waals surface area contributed by atoms with Crippen molar-refractivity contribution < 1.29 is 4.74 Å². The van der Waals surface area contributed by atoms with Gasteiger partial charge in [-0.25, -0.2) is 0 Å². The van der Waals surface area contributed by atoms with E-state index in [4.69, 9.17) is 22.1 Å². The van der Waals surface area contributed by atoms with Crippen molar-refractivity contribution in [2.45, 2.75) is 19.5 Å². The molecule has 0 bridgehead atoms. The standard InChI is InChI=1S/C17H19ClN2O/c1-21-16-5-3-13-10-20(7-6-12(13)8-16)11-14-2-4-15(18)9-17(14)19/h2-5,8-9H,6-7,10-11,19H2,1H3. The molecule has 0 radical (unpaired) electrons. The van der Waals surface area contributed by atoms with Gasteiger partial charge in [-0.05, 0) is 47.4 Å². The molecule has 2 N–H and O–H groups in total. The molecule has 21 heavy (non-hydrogen) atoms. The molecule has 0 unspecified atom stereocenters. The number of rotatable bonds is 3. The molecule has 110 valence electrons. The van der Waals surface area contributed by atoms with E-state index in [1.54, 1.807) is 7.11 Å². The van der Waals surface area contributed by atoms with Crippen molar-refractivity contribution in [3.8, 4) is 5.75 Å². The van der Waals surface area contributed by atoms with E-state index >= 15 is 0 Å². The van der Waals surface area contributed by atoms with E-state index in [-0.39, 0.29) is 0 Å². The van der Waals surface area contributed by atoms with Gasteiger partial charge in [0.15, 0.2) is 0 Å². The molecular weight excluding hydrogens is 284 g/mol. The van der Waals surface area contributed by atoms with Crippen LogP contribution < -0.4 is 10.5 Å². The number of halogens is 1. The van der Waals surface area contributed by atoms with E-state index in [9.17, 15) is 0 Å². The lowest BCUT2D eigenvalue weighted by molar-refractivity contribution is 0.245. The minimum Gasteiger partial charge on any atom is -0.497 e. The second-order valence-corrected chi connectivity index (χ2v) is 5.87. The van der Waals surface area contributed by atoms with Crippen molar-refractivity contribution in [1.82, 2.24) is 4.90 Å². The fourth-order valence-electron chi connectivity index (χ4n) is 2.80. The summed E-state index contributed by atoms with van der Waals surface area (Å²) in [6.45, 7) is 2.83. The Labute approximate surface area is 130 Å². The molecule has 1 heterocycles. The summed E-state index contributed by atoms with van der Waals surface area (Å²) >= 11 is 5.95. The van der Waals surface area contributed by atoms with Gasteiger partial charge in [-0.2, -0.15) is 0 Å². The summed E-state index contributed by atoms with van der Waals surface area (Å²) in [6.07, 6.45) is 1.04. The minimum atomic E-state index is 0.687. The van der Waals surface area contributed by atoms with Crippen LogP contribution >= 0.6 is 11.6 Å². The van der Waals surface area contributed by atoms with Crippen molar-refractivity contribution in [3.63, 3.8) is 0 Å². The number of nitrogens with zero attached hydrogens (tertiary/aromatic N) is 1. The van der Waals surface area contributed by atoms with E-state index in [0.29, 0.717) is 5.02 Å². The fourth-order valence-corrected chi connectivity index (χ4v) is 2.98. The average Bonchev–Trinajstić information content (AvgIpc) is 2.49. The highest BCUT2D eigenvalue weighted by molar-refractivity contribution is 6.30. The van der Waals surface area contributed by atoms with E-state index in [1.165, 1.54) is 11.1 Å². The molecule has 0 atom stereocenters. The van der Waals surface area contributed by atoms with Gasteiger partial charge in [-0.3, -0.25) is 4.90 Å². The molecule has 0 saturated carbocycles. The number of anilines is 1. The maximum absolute atomic E-state index is 6.04. The molecule has 2 aromatic rings. The Morgan fingerprint density at radius 1 is 1.19 bits per heavy atom. The first-order valence-electron chi connectivity index (χ1n) is 7.08. The maximum Gasteiger partial charge on any atom is 0.119 e. The van der Waals surface area contributed by atoms with Gasteiger partial charge in [-0.15, -0.1) is 0 Å². The third-order valence-corrected chi connectivity index (χ3v) is 4.24. The smallest absolute Gasteiger partial charge is 0.119 e. The summed E-state index contributed by atoms with van der Waals surface area (Å²) < 4.78 is 5.29. The topological polar surface area (TPSA) is 38.5 Å². The Hall–Kier alpha value is -1.71. The molecular formula is C17H19ClN2O. The Balaban J connectivity index is 1.74. The largest absolute Gasteiger partial charge is 0.497 e.